The summed E-state index contributed by atoms with van der Waals surface area (Å²) in [5.74, 6) is 1.47. The summed E-state index contributed by atoms with van der Waals surface area (Å²) in [5.41, 5.74) is 1.00. The Morgan fingerprint density at radius 2 is 2.23 bits per heavy atom. The van der Waals surface area contributed by atoms with E-state index in [2.05, 4.69) is 24.0 Å². The molecule has 3 rings (SSSR count). The van der Waals surface area contributed by atoms with Crippen LogP contribution in [-0.4, -0.2) is 35.5 Å². The van der Waals surface area contributed by atoms with Crippen molar-refractivity contribution in [1.82, 2.24) is 4.90 Å². The van der Waals surface area contributed by atoms with Crippen LogP contribution in [0.3, 0.4) is 0 Å². The van der Waals surface area contributed by atoms with Crippen molar-refractivity contribution in [3.05, 3.63) is 0 Å². The van der Waals surface area contributed by atoms with Gasteiger partial charge in [-0.25, -0.2) is 0 Å². The van der Waals surface area contributed by atoms with Gasteiger partial charge in [0, 0.05) is 19.0 Å². The SMILES string of the molecule is C[C@@H]1C[C@@H]2C/C(=N/O)C[C@@H]1N(C)C2. The second kappa shape index (κ2) is 3.29. The molecule has 1 saturated carbocycles. The highest BCUT2D eigenvalue weighted by molar-refractivity contribution is 5.85. The third kappa shape index (κ3) is 1.57. The Morgan fingerprint density at radius 3 is 2.85 bits per heavy atom. The molecule has 0 aromatic rings. The Morgan fingerprint density at radius 1 is 1.46 bits per heavy atom. The van der Waals surface area contributed by atoms with E-state index in [1.54, 1.807) is 0 Å². The van der Waals surface area contributed by atoms with E-state index in [9.17, 15) is 0 Å². The maximum Gasteiger partial charge on any atom is 0.0589 e. The largest absolute Gasteiger partial charge is 0.411 e. The van der Waals surface area contributed by atoms with E-state index >= 15 is 0 Å². The zero-order valence-corrected chi connectivity index (χ0v) is 8.40. The molecule has 0 aromatic heterocycles. The van der Waals surface area contributed by atoms with Gasteiger partial charge in [-0.1, -0.05) is 12.1 Å². The standard InChI is InChI=1S/C10H18N2O/c1-7-3-8-4-9(11-13)5-10(7)12(2)6-8/h7-8,10,13H,3-6H2,1-2H3/b11-9-/t7-,8-,10+/m1/s1. The van der Waals surface area contributed by atoms with E-state index in [0.717, 1.165) is 24.5 Å². The van der Waals surface area contributed by atoms with Crippen LogP contribution in [-0.2, 0) is 0 Å². The fourth-order valence-corrected chi connectivity index (χ4v) is 2.98. The van der Waals surface area contributed by atoms with Gasteiger partial charge < -0.3 is 10.1 Å². The zero-order chi connectivity index (χ0) is 9.42. The van der Waals surface area contributed by atoms with Crippen LogP contribution in [0.5, 0.6) is 0 Å². The van der Waals surface area contributed by atoms with Gasteiger partial charge in [-0.2, -0.15) is 0 Å². The monoisotopic (exact) mass is 182 g/mol. The highest BCUT2D eigenvalue weighted by Gasteiger charge is 2.36. The fourth-order valence-electron chi connectivity index (χ4n) is 2.98. The molecule has 2 heterocycles. The van der Waals surface area contributed by atoms with Crippen LogP contribution in [0.15, 0.2) is 5.16 Å². The molecule has 2 bridgehead atoms. The molecule has 2 aliphatic heterocycles. The molecule has 3 nitrogen and oxygen atoms in total. The number of piperidine rings is 1. The predicted octanol–water partition coefficient (Wildman–Crippen LogP) is 1.57. The molecular formula is C10H18N2O. The maximum atomic E-state index is 8.82. The Balaban J connectivity index is 2.21. The second-order valence-electron chi connectivity index (χ2n) is 4.66. The molecule has 2 saturated heterocycles. The molecule has 3 fully saturated rings. The molecule has 0 amide bonds. The molecule has 0 spiro atoms. The van der Waals surface area contributed by atoms with E-state index in [1.165, 1.54) is 13.0 Å². The lowest BCUT2D eigenvalue weighted by molar-refractivity contribution is 0.106. The van der Waals surface area contributed by atoms with Crippen molar-refractivity contribution < 1.29 is 5.21 Å². The Labute approximate surface area is 79.4 Å². The minimum absolute atomic E-state index is 0.602. The van der Waals surface area contributed by atoms with Gasteiger partial charge in [0.1, 0.15) is 0 Å². The van der Waals surface area contributed by atoms with Crippen LogP contribution in [0.4, 0.5) is 0 Å². The molecule has 3 heteroatoms. The van der Waals surface area contributed by atoms with E-state index in [0.29, 0.717) is 12.0 Å². The predicted molar refractivity (Wildman–Crippen MR) is 52.1 cm³/mol. The van der Waals surface area contributed by atoms with Crippen LogP contribution in [0.2, 0.25) is 0 Å². The first-order valence-corrected chi connectivity index (χ1v) is 5.10. The molecule has 74 valence electrons. The van der Waals surface area contributed by atoms with Gasteiger partial charge in [0.2, 0.25) is 0 Å². The Hall–Kier alpha value is -0.570. The minimum atomic E-state index is 0.602. The van der Waals surface area contributed by atoms with Crippen molar-refractivity contribution in [3.8, 4) is 0 Å². The van der Waals surface area contributed by atoms with E-state index in [1.807, 2.05) is 0 Å². The van der Waals surface area contributed by atoms with Crippen LogP contribution in [0.1, 0.15) is 26.2 Å². The summed E-state index contributed by atoms with van der Waals surface area (Å²) in [6, 6.07) is 0.602. The highest BCUT2D eigenvalue weighted by Crippen LogP contribution is 2.34. The van der Waals surface area contributed by atoms with Gasteiger partial charge in [0.25, 0.3) is 0 Å². The average molecular weight is 182 g/mol. The lowest BCUT2D eigenvalue weighted by Crippen LogP contribution is -2.43. The smallest absolute Gasteiger partial charge is 0.0589 e. The van der Waals surface area contributed by atoms with Gasteiger partial charge in [-0.3, -0.25) is 0 Å². The normalized spacial score (nSPS) is 43.8. The van der Waals surface area contributed by atoms with Crippen molar-refractivity contribution in [2.75, 3.05) is 13.6 Å². The average Bonchev–Trinajstić information content (AvgIpc) is 2.32. The lowest BCUT2D eigenvalue weighted by Gasteiger charge is -2.38. The number of nitrogens with zero attached hydrogens (tertiary/aromatic N) is 2. The van der Waals surface area contributed by atoms with E-state index < -0.39 is 0 Å². The van der Waals surface area contributed by atoms with Crippen LogP contribution < -0.4 is 0 Å². The molecule has 0 radical (unpaired) electrons. The van der Waals surface area contributed by atoms with Gasteiger partial charge in [-0.05, 0) is 31.7 Å². The quantitative estimate of drug-likeness (QED) is 0.456. The van der Waals surface area contributed by atoms with E-state index in [-0.39, 0.29) is 0 Å². The molecule has 0 aromatic carbocycles. The minimum Gasteiger partial charge on any atom is -0.411 e. The van der Waals surface area contributed by atoms with Gasteiger partial charge in [0.15, 0.2) is 0 Å². The first kappa shape index (κ1) is 9.00. The number of oxime groups is 1. The van der Waals surface area contributed by atoms with Crippen LogP contribution in [0, 0.1) is 11.8 Å². The topological polar surface area (TPSA) is 35.8 Å². The summed E-state index contributed by atoms with van der Waals surface area (Å²) in [5, 5.41) is 12.2. The van der Waals surface area contributed by atoms with Crippen molar-refractivity contribution >= 4 is 5.71 Å². The first-order chi connectivity index (χ1) is 6.20. The molecular weight excluding hydrogens is 164 g/mol. The van der Waals surface area contributed by atoms with Crippen molar-refractivity contribution in [1.29, 1.82) is 0 Å². The summed E-state index contributed by atoms with van der Waals surface area (Å²) in [4.78, 5) is 2.43. The third-order valence-electron chi connectivity index (χ3n) is 3.58. The molecule has 1 aliphatic carbocycles. The summed E-state index contributed by atoms with van der Waals surface area (Å²) in [7, 11) is 2.19. The van der Waals surface area contributed by atoms with Gasteiger partial charge >= 0.3 is 0 Å². The Bertz CT molecular complexity index is 215. The second-order valence-corrected chi connectivity index (χ2v) is 4.66. The first-order valence-electron chi connectivity index (χ1n) is 5.10. The molecule has 0 unspecified atom stereocenters. The van der Waals surface area contributed by atoms with Crippen molar-refractivity contribution in [2.24, 2.45) is 17.0 Å². The fraction of sp³-hybridized carbons (Fsp3) is 0.900. The maximum absolute atomic E-state index is 8.82. The number of fused-ring (bicyclic) bond motifs is 4. The van der Waals surface area contributed by atoms with Crippen LogP contribution in [0.25, 0.3) is 0 Å². The van der Waals surface area contributed by atoms with E-state index in [4.69, 9.17) is 5.21 Å². The summed E-state index contributed by atoms with van der Waals surface area (Å²) >= 11 is 0. The van der Waals surface area contributed by atoms with Crippen LogP contribution >= 0.6 is 0 Å². The number of rotatable bonds is 0. The number of hydrogen-bond acceptors (Lipinski definition) is 3. The molecule has 3 atom stereocenters. The number of hydrogen-bond donors (Lipinski definition) is 1. The molecule has 3 aliphatic rings. The van der Waals surface area contributed by atoms with Gasteiger partial charge in [0.05, 0.1) is 5.71 Å². The highest BCUT2D eigenvalue weighted by atomic mass is 16.4. The molecule has 13 heavy (non-hydrogen) atoms. The molecule has 1 N–H and O–H groups in total. The Kier molecular flexibility index (Phi) is 2.28. The third-order valence-corrected chi connectivity index (χ3v) is 3.58. The lowest BCUT2D eigenvalue weighted by atomic mass is 9.86. The summed E-state index contributed by atoms with van der Waals surface area (Å²) in [6.45, 7) is 3.49. The zero-order valence-electron chi connectivity index (χ0n) is 8.40. The van der Waals surface area contributed by atoms with Crippen molar-refractivity contribution in [3.63, 3.8) is 0 Å². The van der Waals surface area contributed by atoms with Crippen molar-refractivity contribution in [2.45, 2.75) is 32.2 Å². The van der Waals surface area contributed by atoms with Gasteiger partial charge in [-0.15, -0.1) is 0 Å². The summed E-state index contributed by atoms with van der Waals surface area (Å²) in [6.07, 6.45) is 3.26. The summed E-state index contributed by atoms with van der Waals surface area (Å²) < 4.78 is 0.